The van der Waals surface area contributed by atoms with Gasteiger partial charge in [0.2, 0.25) is 10.0 Å². The van der Waals surface area contributed by atoms with Crippen LogP contribution in [0.4, 0.5) is 0 Å². The second kappa shape index (κ2) is 11.1. The number of piperidine rings is 1. The molecule has 3 aliphatic rings. The number of fused-ring (bicyclic) bond motifs is 1. The number of sulfonamides is 1. The van der Waals surface area contributed by atoms with Crippen LogP contribution in [0.3, 0.4) is 0 Å². The summed E-state index contributed by atoms with van der Waals surface area (Å²) in [5.41, 5.74) is 3.38. The molecular formula is C28H45N5O2S. The number of hydrogen-bond acceptors (Lipinski definition) is 5. The van der Waals surface area contributed by atoms with Crippen molar-refractivity contribution in [3.63, 3.8) is 0 Å². The molecule has 0 atom stereocenters. The third-order valence-electron chi connectivity index (χ3n) is 9.13. The summed E-state index contributed by atoms with van der Waals surface area (Å²) in [7, 11) is -3.29. The van der Waals surface area contributed by atoms with Crippen LogP contribution in [-0.2, 0) is 23.1 Å². The van der Waals surface area contributed by atoms with Gasteiger partial charge in [-0.05, 0) is 94.0 Å². The van der Waals surface area contributed by atoms with Gasteiger partial charge in [0.25, 0.3) is 0 Å². The lowest BCUT2D eigenvalue weighted by Crippen LogP contribution is -2.44. The largest absolute Gasteiger partial charge is 0.325 e. The van der Waals surface area contributed by atoms with E-state index in [0.29, 0.717) is 12.6 Å². The summed E-state index contributed by atoms with van der Waals surface area (Å²) in [6, 6.07) is 5.28. The minimum Gasteiger partial charge on any atom is -0.325 e. The molecule has 1 N–H and O–H groups in total. The molecule has 0 amide bonds. The Morgan fingerprint density at radius 1 is 1.00 bits per heavy atom. The summed E-state index contributed by atoms with van der Waals surface area (Å²) >= 11 is 0. The van der Waals surface area contributed by atoms with Crippen molar-refractivity contribution in [3.05, 3.63) is 29.6 Å². The lowest BCUT2D eigenvalue weighted by molar-refractivity contribution is 0.0888. The molecule has 2 saturated heterocycles. The molecule has 2 aromatic heterocycles. The Labute approximate surface area is 217 Å². The fourth-order valence-electron chi connectivity index (χ4n) is 7.02. The van der Waals surface area contributed by atoms with E-state index in [1.165, 1.54) is 55.7 Å². The Morgan fingerprint density at radius 3 is 2.33 bits per heavy atom. The zero-order valence-electron chi connectivity index (χ0n) is 22.5. The zero-order chi connectivity index (χ0) is 25.3. The molecule has 3 fully saturated rings. The van der Waals surface area contributed by atoms with Crippen LogP contribution in [0.1, 0.15) is 82.5 Å². The molecule has 4 heterocycles. The van der Waals surface area contributed by atoms with E-state index >= 15 is 0 Å². The topological polar surface area (TPSA) is 70.5 Å². The lowest BCUT2D eigenvalue weighted by atomic mass is 9.79. The molecule has 8 heteroatoms. The molecule has 1 aliphatic carbocycles. The van der Waals surface area contributed by atoms with Crippen LogP contribution in [0, 0.1) is 11.8 Å². The first kappa shape index (κ1) is 26.1. The van der Waals surface area contributed by atoms with Crippen molar-refractivity contribution in [1.82, 2.24) is 24.1 Å². The quantitative estimate of drug-likeness (QED) is 0.559. The first-order valence-electron chi connectivity index (χ1n) is 14.2. The third kappa shape index (κ3) is 5.82. The highest BCUT2D eigenvalue weighted by Crippen LogP contribution is 2.37. The molecular weight excluding hydrogens is 470 g/mol. The zero-order valence-corrected chi connectivity index (χ0v) is 23.3. The highest BCUT2D eigenvalue weighted by atomic mass is 32.2. The average molecular weight is 516 g/mol. The average Bonchev–Trinajstić information content (AvgIpc) is 3.49. The van der Waals surface area contributed by atoms with Gasteiger partial charge < -0.3 is 9.47 Å². The molecule has 36 heavy (non-hydrogen) atoms. The van der Waals surface area contributed by atoms with Gasteiger partial charge in [0, 0.05) is 49.0 Å². The van der Waals surface area contributed by atoms with Crippen molar-refractivity contribution in [2.45, 2.75) is 90.4 Å². The molecule has 2 aliphatic heterocycles. The standard InChI is InChI=1S/C28H45N5O2S/c1-21(2)22-8-10-23(11-9-22)32-17-12-24(13-18-32)33-27(19-30-36(3,34)35)26(20-31-15-4-5-16-31)25-7-6-14-29-28(25)33/h6-7,14,21-24,30H,4-5,8-13,15-20H2,1-3H3. The predicted molar refractivity (Wildman–Crippen MR) is 146 cm³/mol. The SMILES string of the molecule is CC(C)C1CCC(N2CCC(n3c(CNS(C)(=O)=O)c(CN4CCCC4)c4cccnc43)CC2)CC1. The second-order valence-corrected chi connectivity index (χ2v) is 13.7. The van der Waals surface area contributed by atoms with E-state index in [9.17, 15) is 8.42 Å². The Bertz CT molecular complexity index is 1120. The van der Waals surface area contributed by atoms with Crippen molar-refractivity contribution < 1.29 is 8.42 Å². The summed E-state index contributed by atoms with van der Waals surface area (Å²) in [6.45, 7) is 10.4. The van der Waals surface area contributed by atoms with Crippen LogP contribution >= 0.6 is 0 Å². The number of hydrogen-bond donors (Lipinski definition) is 1. The van der Waals surface area contributed by atoms with Crippen molar-refractivity contribution in [2.24, 2.45) is 11.8 Å². The van der Waals surface area contributed by atoms with E-state index in [0.717, 1.165) is 74.8 Å². The first-order valence-corrected chi connectivity index (χ1v) is 16.1. The summed E-state index contributed by atoms with van der Waals surface area (Å²) < 4.78 is 29.4. The third-order valence-corrected chi connectivity index (χ3v) is 9.79. The summed E-state index contributed by atoms with van der Waals surface area (Å²) in [5.74, 6) is 1.70. The molecule has 5 rings (SSSR count). The molecule has 2 aromatic rings. The van der Waals surface area contributed by atoms with Crippen molar-refractivity contribution in [2.75, 3.05) is 32.4 Å². The summed E-state index contributed by atoms with van der Waals surface area (Å²) in [5, 5.41) is 1.18. The maximum Gasteiger partial charge on any atom is 0.209 e. The molecule has 0 bridgehead atoms. The number of aromatic nitrogens is 2. The fraction of sp³-hybridized carbons (Fsp3) is 0.750. The lowest BCUT2D eigenvalue weighted by Gasteiger charge is -2.42. The van der Waals surface area contributed by atoms with Crippen LogP contribution in [0.25, 0.3) is 11.0 Å². The fourth-order valence-corrected chi connectivity index (χ4v) is 7.42. The first-order chi connectivity index (χ1) is 17.3. The second-order valence-electron chi connectivity index (χ2n) is 11.8. The van der Waals surface area contributed by atoms with Gasteiger partial charge in [-0.15, -0.1) is 0 Å². The van der Waals surface area contributed by atoms with Crippen LogP contribution in [0.5, 0.6) is 0 Å². The smallest absolute Gasteiger partial charge is 0.209 e. The minimum absolute atomic E-state index is 0.331. The Morgan fingerprint density at radius 2 is 1.69 bits per heavy atom. The van der Waals surface area contributed by atoms with Gasteiger partial charge in [-0.3, -0.25) is 4.90 Å². The van der Waals surface area contributed by atoms with E-state index < -0.39 is 10.0 Å². The molecule has 1 saturated carbocycles. The number of nitrogens with zero attached hydrogens (tertiary/aromatic N) is 4. The highest BCUT2D eigenvalue weighted by Gasteiger charge is 2.32. The van der Waals surface area contributed by atoms with Crippen LogP contribution in [-0.4, -0.2) is 66.2 Å². The van der Waals surface area contributed by atoms with E-state index in [1.807, 2.05) is 12.3 Å². The maximum atomic E-state index is 12.1. The van der Waals surface area contributed by atoms with Gasteiger partial charge in [-0.25, -0.2) is 18.1 Å². The van der Waals surface area contributed by atoms with E-state index in [2.05, 4.69) is 39.0 Å². The number of likely N-dealkylation sites (tertiary alicyclic amines) is 2. The van der Waals surface area contributed by atoms with E-state index in [-0.39, 0.29) is 0 Å². The molecule has 0 spiro atoms. The monoisotopic (exact) mass is 515 g/mol. The Balaban J connectivity index is 1.38. The molecule has 200 valence electrons. The molecule has 7 nitrogen and oxygen atoms in total. The minimum atomic E-state index is -3.29. The molecule has 0 unspecified atom stereocenters. The van der Waals surface area contributed by atoms with Crippen LogP contribution in [0.15, 0.2) is 18.3 Å². The highest BCUT2D eigenvalue weighted by molar-refractivity contribution is 7.88. The summed E-state index contributed by atoms with van der Waals surface area (Å²) in [6.07, 6.45) is 13.2. The summed E-state index contributed by atoms with van der Waals surface area (Å²) in [4.78, 5) is 10.1. The number of rotatable bonds is 8. The van der Waals surface area contributed by atoms with E-state index in [1.54, 1.807) is 0 Å². The Kier molecular flexibility index (Phi) is 8.06. The van der Waals surface area contributed by atoms with Crippen molar-refractivity contribution in [1.29, 1.82) is 0 Å². The van der Waals surface area contributed by atoms with Gasteiger partial charge in [-0.1, -0.05) is 13.8 Å². The van der Waals surface area contributed by atoms with Gasteiger partial charge in [0.15, 0.2) is 0 Å². The molecule has 0 aromatic carbocycles. The van der Waals surface area contributed by atoms with Gasteiger partial charge in [0.05, 0.1) is 12.8 Å². The van der Waals surface area contributed by atoms with Gasteiger partial charge in [-0.2, -0.15) is 0 Å². The number of pyridine rings is 1. The van der Waals surface area contributed by atoms with Gasteiger partial charge in [0.1, 0.15) is 5.65 Å². The van der Waals surface area contributed by atoms with Crippen LogP contribution in [0.2, 0.25) is 0 Å². The van der Waals surface area contributed by atoms with Crippen molar-refractivity contribution in [3.8, 4) is 0 Å². The number of nitrogens with one attached hydrogen (secondary N) is 1. The van der Waals surface area contributed by atoms with E-state index in [4.69, 9.17) is 4.98 Å². The van der Waals surface area contributed by atoms with Crippen molar-refractivity contribution >= 4 is 21.1 Å². The maximum absolute atomic E-state index is 12.1. The molecule has 0 radical (unpaired) electrons. The normalized spacial score (nSPS) is 25.3. The Hall–Kier alpha value is -1.48. The van der Waals surface area contributed by atoms with Gasteiger partial charge >= 0.3 is 0 Å². The predicted octanol–water partition coefficient (Wildman–Crippen LogP) is 4.53. The van der Waals surface area contributed by atoms with Crippen LogP contribution < -0.4 is 4.72 Å².